The molecular weight excluding hydrogens is 459 g/mol. The number of nitrogens with zero attached hydrogens (tertiary/aromatic N) is 1. The molecular formula is C25H26ClFN4O3. The molecule has 0 fully saturated rings. The van der Waals surface area contributed by atoms with Crippen molar-refractivity contribution in [2.24, 2.45) is 0 Å². The molecule has 34 heavy (non-hydrogen) atoms. The standard InChI is InChI=1S/C25H26ClFN4O3/c1-15(32)29-23-11-16(9-10-28-23)14-34-18-6-8-21(20(27)13-18)30-24(33)31-22-12-17(25(2,3)4)5-7-19(22)26/h5-13H,14H2,1-4H3,(H,28,29,32)(H2,30,31,33). The average molecular weight is 485 g/mol. The van der Waals surface area contributed by atoms with Crippen LogP contribution in [0.1, 0.15) is 38.8 Å². The van der Waals surface area contributed by atoms with Crippen LogP contribution < -0.4 is 20.7 Å². The van der Waals surface area contributed by atoms with Crippen molar-refractivity contribution in [3.05, 3.63) is 76.7 Å². The summed E-state index contributed by atoms with van der Waals surface area (Å²) < 4.78 is 20.2. The van der Waals surface area contributed by atoms with Gasteiger partial charge in [0.05, 0.1) is 16.4 Å². The number of hydrogen-bond acceptors (Lipinski definition) is 4. The quantitative estimate of drug-likeness (QED) is 0.380. The lowest BCUT2D eigenvalue weighted by molar-refractivity contribution is -0.114. The van der Waals surface area contributed by atoms with Gasteiger partial charge in [0, 0.05) is 19.2 Å². The van der Waals surface area contributed by atoms with Gasteiger partial charge < -0.3 is 20.7 Å². The monoisotopic (exact) mass is 484 g/mol. The molecule has 3 rings (SSSR count). The number of aromatic nitrogens is 1. The molecule has 1 aromatic heterocycles. The molecule has 3 amide bonds. The third-order valence-electron chi connectivity index (χ3n) is 4.80. The van der Waals surface area contributed by atoms with Crippen LogP contribution in [0.4, 0.5) is 26.4 Å². The zero-order valence-electron chi connectivity index (χ0n) is 19.3. The fraction of sp³-hybridized carbons (Fsp3) is 0.240. The number of urea groups is 1. The molecule has 0 spiro atoms. The number of hydrogen-bond donors (Lipinski definition) is 3. The van der Waals surface area contributed by atoms with Crippen LogP contribution in [0.5, 0.6) is 5.75 Å². The molecule has 0 saturated heterocycles. The lowest BCUT2D eigenvalue weighted by atomic mass is 9.87. The molecule has 7 nitrogen and oxygen atoms in total. The second-order valence-electron chi connectivity index (χ2n) is 8.68. The maximum atomic E-state index is 14.6. The number of rotatable bonds is 6. The molecule has 0 unspecified atom stereocenters. The second-order valence-corrected chi connectivity index (χ2v) is 9.09. The number of nitrogens with one attached hydrogen (secondary N) is 3. The Bertz CT molecular complexity index is 1210. The van der Waals surface area contributed by atoms with Crippen molar-refractivity contribution in [3.63, 3.8) is 0 Å². The van der Waals surface area contributed by atoms with E-state index in [-0.39, 0.29) is 29.4 Å². The molecule has 0 aliphatic carbocycles. The van der Waals surface area contributed by atoms with Crippen molar-refractivity contribution in [1.29, 1.82) is 0 Å². The summed E-state index contributed by atoms with van der Waals surface area (Å²) in [5, 5.41) is 8.11. The van der Waals surface area contributed by atoms with Crippen molar-refractivity contribution in [2.75, 3.05) is 16.0 Å². The molecule has 0 atom stereocenters. The molecule has 9 heteroatoms. The predicted molar refractivity (Wildman–Crippen MR) is 132 cm³/mol. The summed E-state index contributed by atoms with van der Waals surface area (Å²) in [5.41, 5.74) is 2.04. The van der Waals surface area contributed by atoms with Gasteiger partial charge in [-0.2, -0.15) is 0 Å². The summed E-state index contributed by atoms with van der Waals surface area (Å²) in [5.74, 6) is -0.208. The minimum Gasteiger partial charge on any atom is -0.489 e. The minimum absolute atomic E-state index is 0.00944. The third-order valence-corrected chi connectivity index (χ3v) is 5.13. The van der Waals surface area contributed by atoms with E-state index in [0.29, 0.717) is 16.5 Å². The number of ether oxygens (including phenoxy) is 1. The molecule has 0 aliphatic heterocycles. The van der Waals surface area contributed by atoms with Crippen LogP contribution in [-0.2, 0) is 16.8 Å². The second kappa shape index (κ2) is 10.5. The molecule has 3 aromatic rings. The summed E-state index contributed by atoms with van der Waals surface area (Å²) in [6, 6.07) is 12.3. The van der Waals surface area contributed by atoms with Crippen molar-refractivity contribution in [1.82, 2.24) is 4.98 Å². The molecule has 2 aromatic carbocycles. The van der Waals surface area contributed by atoms with Gasteiger partial charge in [-0.3, -0.25) is 4.79 Å². The van der Waals surface area contributed by atoms with Crippen molar-refractivity contribution in [3.8, 4) is 5.75 Å². The SMILES string of the molecule is CC(=O)Nc1cc(COc2ccc(NC(=O)Nc3cc(C(C)(C)C)ccc3Cl)c(F)c2)ccn1. The first-order valence-electron chi connectivity index (χ1n) is 10.5. The van der Waals surface area contributed by atoms with Gasteiger partial charge in [-0.1, -0.05) is 38.4 Å². The smallest absolute Gasteiger partial charge is 0.323 e. The molecule has 3 N–H and O–H groups in total. The van der Waals surface area contributed by atoms with Crippen molar-refractivity contribution < 1.29 is 18.7 Å². The van der Waals surface area contributed by atoms with Crippen molar-refractivity contribution >= 4 is 40.7 Å². The fourth-order valence-corrected chi connectivity index (χ4v) is 3.19. The number of carbonyl (C=O) groups is 2. The Morgan fingerprint density at radius 3 is 2.41 bits per heavy atom. The Labute approximate surface area is 202 Å². The predicted octanol–water partition coefficient (Wildman–Crippen LogP) is 6.35. The van der Waals surface area contributed by atoms with Crippen LogP contribution in [0.3, 0.4) is 0 Å². The van der Waals surface area contributed by atoms with Gasteiger partial charge in [0.25, 0.3) is 0 Å². The first-order valence-corrected chi connectivity index (χ1v) is 10.9. The zero-order chi connectivity index (χ0) is 24.9. The van der Waals surface area contributed by atoms with Crippen LogP contribution in [0, 0.1) is 5.82 Å². The highest BCUT2D eigenvalue weighted by Crippen LogP contribution is 2.30. The van der Waals surface area contributed by atoms with E-state index >= 15 is 0 Å². The zero-order valence-corrected chi connectivity index (χ0v) is 20.1. The Hall–Kier alpha value is -3.65. The Morgan fingerprint density at radius 1 is 1.00 bits per heavy atom. The molecule has 0 radical (unpaired) electrons. The number of pyridine rings is 1. The van der Waals surface area contributed by atoms with Gasteiger partial charge in [-0.25, -0.2) is 14.2 Å². The van der Waals surface area contributed by atoms with Crippen LogP contribution in [-0.4, -0.2) is 16.9 Å². The van der Waals surface area contributed by atoms with Crippen LogP contribution in [0.25, 0.3) is 0 Å². The van der Waals surface area contributed by atoms with Crippen molar-refractivity contribution in [2.45, 2.75) is 39.7 Å². The number of benzene rings is 2. The van der Waals surface area contributed by atoms with Crippen LogP contribution in [0.2, 0.25) is 5.02 Å². The minimum atomic E-state index is -0.657. The summed E-state index contributed by atoms with van der Waals surface area (Å²) in [7, 11) is 0. The van der Waals surface area contributed by atoms with Gasteiger partial charge in [-0.05, 0) is 52.9 Å². The highest BCUT2D eigenvalue weighted by Gasteiger charge is 2.17. The van der Waals surface area contributed by atoms with Gasteiger partial charge >= 0.3 is 6.03 Å². The maximum Gasteiger partial charge on any atom is 0.323 e. The normalized spacial score (nSPS) is 11.0. The summed E-state index contributed by atoms with van der Waals surface area (Å²) in [6.45, 7) is 7.69. The van der Waals surface area contributed by atoms with E-state index in [1.165, 1.54) is 19.1 Å². The number of anilines is 3. The van der Waals surface area contributed by atoms with Gasteiger partial charge in [0.15, 0.2) is 0 Å². The Morgan fingerprint density at radius 2 is 1.74 bits per heavy atom. The molecule has 0 saturated carbocycles. The number of amides is 3. The van der Waals surface area contributed by atoms with E-state index in [2.05, 4.69) is 41.7 Å². The first kappa shape index (κ1) is 25.0. The molecule has 178 valence electrons. The Kier molecular flexibility index (Phi) is 7.73. The van der Waals surface area contributed by atoms with E-state index < -0.39 is 11.8 Å². The Balaban J connectivity index is 1.62. The van der Waals surface area contributed by atoms with E-state index in [4.69, 9.17) is 16.3 Å². The van der Waals surface area contributed by atoms with E-state index in [0.717, 1.165) is 11.1 Å². The first-order chi connectivity index (χ1) is 16.0. The van der Waals surface area contributed by atoms with Gasteiger partial charge in [0.1, 0.15) is 24.0 Å². The highest BCUT2D eigenvalue weighted by molar-refractivity contribution is 6.33. The van der Waals surface area contributed by atoms with Gasteiger partial charge in [0.2, 0.25) is 5.91 Å². The number of halogens is 2. The summed E-state index contributed by atoms with van der Waals surface area (Å²) in [4.78, 5) is 27.6. The van der Waals surface area contributed by atoms with Crippen LogP contribution in [0.15, 0.2) is 54.7 Å². The van der Waals surface area contributed by atoms with Gasteiger partial charge in [-0.15, -0.1) is 0 Å². The van der Waals surface area contributed by atoms with E-state index in [9.17, 15) is 14.0 Å². The number of carbonyl (C=O) groups excluding carboxylic acids is 2. The lowest BCUT2D eigenvalue weighted by Crippen LogP contribution is -2.21. The molecule has 1 heterocycles. The third kappa shape index (κ3) is 6.92. The highest BCUT2D eigenvalue weighted by atomic mass is 35.5. The largest absolute Gasteiger partial charge is 0.489 e. The van der Waals surface area contributed by atoms with E-state index in [1.54, 1.807) is 36.5 Å². The maximum absolute atomic E-state index is 14.6. The fourth-order valence-electron chi connectivity index (χ4n) is 3.03. The van der Waals surface area contributed by atoms with E-state index in [1.807, 2.05) is 6.07 Å². The average Bonchev–Trinajstić information content (AvgIpc) is 2.74. The summed E-state index contributed by atoms with van der Waals surface area (Å²) >= 11 is 6.21. The topological polar surface area (TPSA) is 92.4 Å². The molecule has 0 bridgehead atoms. The van der Waals surface area contributed by atoms with Crippen LogP contribution >= 0.6 is 11.6 Å². The lowest BCUT2D eigenvalue weighted by Gasteiger charge is -2.20. The summed E-state index contributed by atoms with van der Waals surface area (Å²) in [6.07, 6.45) is 1.54. The molecule has 0 aliphatic rings.